The molecule has 0 spiro atoms. The lowest BCUT2D eigenvalue weighted by Crippen LogP contribution is -2.30. The minimum atomic E-state index is -0.572. The molecule has 0 fully saturated rings. The van der Waals surface area contributed by atoms with Crippen molar-refractivity contribution in [2.24, 2.45) is 0 Å². The van der Waals surface area contributed by atoms with E-state index in [-0.39, 0.29) is 6.42 Å². The first-order valence-electron chi connectivity index (χ1n) is 5.49. The first-order valence-corrected chi connectivity index (χ1v) is 5.49. The van der Waals surface area contributed by atoms with Gasteiger partial charge in [0.15, 0.2) is 0 Å². The molecule has 4 heteroatoms. The van der Waals surface area contributed by atoms with Crippen LogP contribution in [0.1, 0.15) is 54.4 Å². The molecule has 0 atom stereocenters. The van der Waals surface area contributed by atoms with Crippen LogP contribution in [0.4, 0.5) is 0 Å². The summed E-state index contributed by atoms with van der Waals surface area (Å²) in [5.41, 5.74) is -1.10. The van der Waals surface area contributed by atoms with E-state index in [1.165, 1.54) is 0 Å². The first kappa shape index (κ1) is 14.9. The second-order valence-corrected chi connectivity index (χ2v) is 5.35. The third kappa shape index (κ3) is 7.26. The van der Waals surface area contributed by atoms with Crippen LogP contribution in [0.25, 0.3) is 0 Å². The van der Waals surface area contributed by atoms with Gasteiger partial charge >= 0.3 is 11.9 Å². The van der Waals surface area contributed by atoms with Crippen molar-refractivity contribution >= 4 is 11.9 Å². The molecule has 0 heterocycles. The molecular formula is C12H22O4. The number of carbonyl (C=O) groups excluding carboxylic acids is 2. The highest BCUT2D eigenvalue weighted by atomic mass is 16.6. The van der Waals surface area contributed by atoms with E-state index in [1.807, 2.05) is 6.92 Å². The van der Waals surface area contributed by atoms with Gasteiger partial charge in [-0.1, -0.05) is 6.92 Å². The van der Waals surface area contributed by atoms with Gasteiger partial charge in [0.25, 0.3) is 0 Å². The summed E-state index contributed by atoms with van der Waals surface area (Å²) in [6.07, 6.45) is 0.369. The number of esters is 2. The lowest BCUT2D eigenvalue weighted by Gasteiger charge is -2.24. The van der Waals surface area contributed by atoms with Crippen molar-refractivity contribution in [3.05, 3.63) is 0 Å². The smallest absolute Gasteiger partial charge is 0.317 e. The minimum absolute atomic E-state index is 0.333. The summed E-state index contributed by atoms with van der Waals surface area (Å²) >= 11 is 0. The minimum Gasteiger partial charge on any atom is -0.460 e. The Labute approximate surface area is 97.3 Å². The molecule has 0 aliphatic heterocycles. The van der Waals surface area contributed by atoms with Crippen molar-refractivity contribution in [2.75, 3.05) is 0 Å². The number of rotatable bonds is 4. The van der Waals surface area contributed by atoms with Gasteiger partial charge in [-0.2, -0.15) is 0 Å². The molecule has 0 unspecified atom stereocenters. The number of ether oxygens (including phenoxy) is 2. The molecule has 0 saturated heterocycles. The van der Waals surface area contributed by atoms with Crippen molar-refractivity contribution in [1.82, 2.24) is 0 Å². The fourth-order valence-electron chi connectivity index (χ4n) is 0.912. The second kappa shape index (κ2) is 5.32. The molecule has 0 aromatic carbocycles. The Morgan fingerprint density at radius 3 is 1.75 bits per heavy atom. The Morgan fingerprint density at radius 1 is 0.938 bits per heavy atom. The van der Waals surface area contributed by atoms with Crippen LogP contribution in [0.5, 0.6) is 0 Å². The molecule has 0 bridgehead atoms. The van der Waals surface area contributed by atoms with Crippen LogP contribution >= 0.6 is 0 Å². The van der Waals surface area contributed by atoms with E-state index in [9.17, 15) is 9.59 Å². The molecule has 0 rings (SSSR count). The van der Waals surface area contributed by atoms with Gasteiger partial charge in [-0.05, 0) is 41.0 Å². The van der Waals surface area contributed by atoms with Crippen LogP contribution in [-0.4, -0.2) is 23.1 Å². The molecule has 0 aliphatic rings. The predicted molar refractivity (Wildman–Crippen MR) is 60.9 cm³/mol. The molecule has 4 nitrogen and oxygen atoms in total. The zero-order valence-electron chi connectivity index (χ0n) is 11.0. The number of carbonyl (C=O) groups is 2. The fourth-order valence-corrected chi connectivity index (χ4v) is 0.912. The average molecular weight is 230 g/mol. The van der Waals surface area contributed by atoms with Crippen LogP contribution in [0, 0.1) is 0 Å². The summed E-state index contributed by atoms with van der Waals surface area (Å²) in [6, 6.07) is 0. The number of hydrogen-bond acceptors (Lipinski definition) is 4. The lowest BCUT2D eigenvalue weighted by atomic mass is 10.1. The van der Waals surface area contributed by atoms with Crippen molar-refractivity contribution in [3.63, 3.8) is 0 Å². The van der Waals surface area contributed by atoms with Crippen LogP contribution in [0.15, 0.2) is 0 Å². The zero-order valence-corrected chi connectivity index (χ0v) is 11.0. The quantitative estimate of drug-likeness (QED) is 0.550. The largest absolute Gasteiger partial charge is 0.460 e. The predicted octanol–water partition coefficient (Wildman–Crippen LogP) is 2.45. The first-order chi connectivity index (χ1) is 7.06. The fraction of sp³-hybridized carbons (Fsp3) is 0.833. The summed E-state index contributed by atoms with van der Waals surface area (Å²) in [6.45, 7) is 10.8. The maximum absolute atomic E-state index is 11.4. The highest BCUT2D eigenvalue weighted by Gasteiger charge is 2.24. The monoisotopic (exact) mass is 230 g/mol. The maximum Gasteiger partial charge on any atom is 0.317 e. The molecule has 0 amide bonds. The molecule has 0 saturated carbocycles. The van der Waals surface area contributed by atoms with Gasteiger partial charge in [-0.3, -0.25) is 9.59 Å². The van der Waals surface area contributed by atoms with Gasteiger partial charge in [-0.15, -0.1) is 0 Å². The third-order valence-corrected chi connectivity index (χ3v) is 1.95. The van der Waals surface area contributed by atoms with E-state index in [1.54, 1.807) is 34.6 Å². The van der Waals surface area contributed by atoms with Crippen LogP contribution in [-0.2, 0) is 19.1 Å². The Morgan fingerprint density at radius 2 is 1.38 bits per heavy atom. The Bertz CT molecular complexity index is 261. The summed E-state index contributed by atoms with van der Waals surface area (Å²) in [4.78, 5) is 22.7. The van der Waals surface area contributed by atoms with E-state index < -0.39 is 23.1 Å². The molecule has 94 valence electrons. The van der Waals surface area contributed by atoms with E-state index in [2.05, 4.69) is 0 Å². The lowest BCUT2D eigenvalue weighted by molar-refractivity contribution is -0.167. The highest BCUT2D eigenvalue weighted by molar-refractivity contribution is 5.91. The van der Waals surface area contributed by atoms with Gasteiger partial charge in [0.05, 0.1) is 0 Å². The molecule has 0 radical (unpaired) electrons. The average Bonchev–Trinajstić information content (AvgIpc) is 1.98. The third-order valence-electron chi connectivity index (χ3n) is 1.95. The van der Waals surface area contributed by atoms with Gasteiger partial charge in [0, 0.05) is 0 Å². The molecule has 0 aliphatic carbocycles. The summed E-state index contributed by atoms with van der Waals surface area (Å²) in [7, 11) is 0. The van der Waals surface area contributed by atoms with Crippen LogP contribution in [0.2, 0.25) is 0 Å². The zero-order chi connectivity index (χ0) is 13.0. The standard InChI is InChI=1S/C12H22O4/c1-7-12(5,6)16-10(14)8-9(13)15-11(2,3)4/h7-8H2,1-6H3. The molecule has 0 aromatic heterocycles. The van der Waals surface area contributed by atoms with Crippen LogP contribution in [0.3, 0.4) is 0 Å². The van der Waals surface area contributed by atoms with E-state index in [4.69, 9.17) is 9.47 Å². The molecule has 0 N–H and O–H groups in total. The van der Waals surface area contributed by atoms with E-state index in [0.29, 0.717) is 6.42 Å². The SMILES string of the molecule is CCC(C)(C)OC(=O)CC(=O)OC(C)(C)C. The van der Waals surface area contributed by atoms with Gasteiger partial charge in [-0.25, -0.2) is 0 Å². The molecule has 0 aromatic rings. The van der Waals surface area contributed by atoms with Crippen molar-refractivity contribution in [3.8, 4) is 0 Å². The van der Waals surface area contributed by atoms with Gasteiger partial charge in [0.2, 0.25) is 0 Å². The summed E-state index contributed by atoms with van der Waals surface area (Å²) < 4.78 is 10.1. The van der Waals surface area contributed by atoms with Crippen molar-refractivity contribution < 1.29 is 19.1 Å². The van der Waals surface area contributed by atoms with E-state index >= 15 is 0 Å². The Kier molecular flexibility index (Phi) is 4.97. The maximum atomic E-state index is 11.4. The van der Waals surface area contributed by atoms with Gasteiger partial charge in [0.1, 0.15) is 17.6 Å². The Balaban J connectivity index is 4.12. The normalized spacial score (nSPS) is 12.1. The van der Waals surface area contributed by atoms with Crippen molar-refractivity contribution in [1.29, 1.82) is 0 Å². The Hall–Kier alpha value is -1.06. The van der Waals surface area contributed by atoms with E-state index in [0.717, 1.165) is 0 Å². The molecular weight excluding hydrogens is 208 g/mol. The summed E-state index contributed by atoms with van der Waals surface area (Å²) in [5.74, 6) is -1.09. The second-order valence-electron chi connectivity index (χ2n) is 5.35. The van der Waals surface area contributed by atoms with Crippen LogP contribution < -0.4 is 0 Å². The topological polar surface area (TPSA) is 52.6 Å². The van der Waals surface area contributed by atoms with Gasteiger partial charge < -0.3 is 9.47 Å². The number of hydrogen-bond donors (Lipinski definition) is 0. The summed E-state index contributed by atoms with van der Waals surface area (Å²) in [5, 5.41) is 0. The van der Waals surface area contributed by atoms with Crippen molar-refractivity contribution in [2.45, 2.75) is 65.6 Å². The molecule has 16 heavy (non-hydrogen) atoms. The highest BCUT2D eigenvalue weighted by Crippen LogP contribution is 2.15.